The zero-order chi connectivity index (χ0) is 16.1. The van der Waals surface area contributed by atoms with Gasteiger partial charge < -0.3 is 14.4 Å². The summed E-state index contributed by atoms with van der Waals surface area (Å²) in [6, 6.07) is 0. The summed E-state index contributed by atoms with van der Waals surface area (Å²) >= 11 is 0. The first-order valence-electron chi connectivity index (χ1n) is 7.49. The van der Waals surface area contributed by atoms with Crippen LogP contribution in [0.15, 0.2) is 12.2 Å². The molecule has 0 aromatic heterocycles. The molecule has 1 saturated heterocycles. The van der Waals surface area contributed by atoms with Crippen molar-refractivity contribution >= 4 is 12.1 Å². The SMILES string of the molecule is CCOC(=O)/C=C/C1(C)CCN(C(=O)OC(C)(C)C)CC1. The number of likely N-dealkylation sites (tertiary alicyclic amines) is 1. The highest BCUT2D eigenvalue weighted by molar-refractivity contribution is 5.82. The first-order chi connectivity index (χ1) is 9.65. The summed E-state index contributed by atoms with van der Waals surface area (Å²) in [7, 11) is 0. The van der Waals surface area contributed by atoms with E-state index in [-0.39, 0.29) is 17.5 Å². The minimum absolute atomic E-state index is 0.0781. The molecule has 0 radical (unpaired) electrons. The maximum atomic E-state index is 12.0. The van der Waals surface area contributed by atoms with E-state index in [1.807, 2.05) is 26.8 Å². The Balaban J connectivity index is 2.50. The number of piperidine rings is 1. The molecule has 1 aliphatic heterocycles. The van der Waals surface area contributed by atoms with Crippen molar-refractivity contribution < 1.29 is 19.1 Å². The van der Waals surface area contributed by atoms with Crippen molar-refractivity contribution in [1.82, 2.24) is 4.90 Å². The van der Waals surface area contributed by atoms with Gasteiger partial charge in [0.1, 0.15) is 5.60 Å². The number of carbonyl (C=O) groups excluding carboxylic acids is 2. The van der Waals surface area contributed by atoms with E-state index in [4.69, 9.17) is 9.47 Å². The van der Waals surface area contributed by atoms with Gasteiger partial charge in [0.05, 0.1) is 6.61 Å². The topological polar surface area (TPSA) is 55.8 Å². The molecule has 0 atom stereocenters. The number of hydrogen-bond donors (Lipinski definition) is 0. The average Bonchev–Trinajstić information content (AvgIpc) is 2.36. The van der Waals surface area contributed by atoms with Gasteiger partial charge in [-0.1, -0.05) is 13.0 Å². The van der Waals surface area contributed by atoms with Gasteiger partial charge in [-0.15, -0.1) is 0 Å². The summed E-state index contributed by atoms with van der Waals surface area (Å²) in [4.78, 5) is 25.1. The lowest BCUT2D eigenvalue weighted by Crippen LogP contribution is -2.44. The number of allylic oxidation sites excluding steroid dienone is 1. The number of nitrogens with zero attached hydrogens (tertiary/aromatic N) is 1. The molecule has 5 heteroatoms. The Morgan fingerprint density at radius 3 is 2.29 bits per heavy atom. The van der Waals surface area contributed by atoms with Crippen molar-refractivity contribution in [3.8, 4) is 0 Å². The van der Waals surface area contributed by atoms with Gasteiger partial charge in [0, 0.05) is 19.2 Å². The van der Waals surface area contributed by atoms with E-state index in [9.17, 15) is 9.59 Å². The predicted octanol–water partition coefficient (Wildman–Crippen LogP) is 3.14. The zero-order valence-corrected chi connectivity index (χ0v) is 13.8. The summed E-state index contributed by atoms with van der Waals surface area (Å²) in [6.07, 6.45) is 4.74. The lowest BCUT2D eigenvalue weighted by molar-refractivity contribution is -0.137. The second kappa shape index (κ2) is 6.96. The van der Waals surface area contributed by atoms with Crippen LogP contribution in [0.3, 0.4) is 0 Å². The van der Waals surface area contributed by atoms with Crippen molar-refractivity contribution in [2.24, 2.45) is 5.41 Å². The number of hydrogen-bond acceptors (Lipinski definition) is 4. The minimum Gasteiger partial charge on any atom is -0.463 e. The molecule has 1 rings (SSSR count). The third-order valence-electron chi connectivity index (χ3n) is 3.47. The van der Waals surface area contributed by atoms with Gasteiger partial charge in [-0.3, -0.25) is 0 Å². The summed E-state index contributed by atoms with van der Waals surface area (Å²) < 4.78 is 10.3. The van der Waals surface area contributed by atoms with E-state index in [0.717, 1.165) is 12.8 Å². The lowest BCUT2D eigenvalue weighted by Gasteiger charge is -2.38. The Bertz CT molecular complexity index is 401. The summed E-state index contributed by atoms with van der Waals surface area (Å²) in [6.45, 7) is 11.1. The molecule has 0 saturated carbocycles. The zero-order valence-electron chi connectivity index (χ0n) is 13.8. The number of amides is 1. The van der Waals surface area contributed by atoms with E-state index in [0.29, 0.717) is 19.7 Å². The van der Waals surface area contributed by atoms with Crippen LogP contribution in [0.4, 0.5) is 4.79 Å². The van der Waals surface area contributed by atoms with Crippen LogP contribution in [0.25, 0.3) is 0 Å². The molecule has 1 aliphatic rings. The van der Waals surface area contributed by atoms with Gasteiger partial charge in [0.15, 0.2) is 0 Å². The quantitative estimate of drug-likeness (QED) is 0.593. The smallest absolute Gasteiger partial charge is 0.410 e. The van der Waals surface area contributed by atoms with Gasteiger partial charge >= 0.3 is 12.1 Å². The Hall–Kier alpha value is -1.52. The van der Waals surface area contributed by atoms with Crippen LogP contribution in [-0.4, -0.2) is 42.3 Å². The number of esters is 1. The maximum absolute atomic E-state index is 12.0. The summed E-state index contributed by atoms with van der Waals surface area (Å²) in [5, 5.41) is 0. The molecule has 1 heterocycles. The molecule has 0 bridgehead atoms. The van der Waals surface area contributed by atoms with E-state index >= 15 is 0 Å². The van der Waals surface area contributed by atoms with Crippen LogP contribution < -0.4 is 0 Å². The fourth-order valence-electron chi connectivity index (χ4n) is 2.15. The summed E-state index contributed by atoms with van der Waals surface area (Å²) in [5.41, 5.74) is -0.549. The maximum Gasteiger partial charge on any atom is 0.410 e. The molecule has 1 fully saturated rings. The predicted molar refractivity (Wildman–Crippen MR) is 80.9 cm³/mol. The largest absolute Gasteiger partial charge is 0.463 e. The highest BCUT2D eigenvalue weighted by Crippen LogP contribution is 2.32. The molecule has 21 heavy (non-hydrogen) atoms. The van der Waals surface area contributed by atoms with Gasteiger partial charge in [-0.05, 0) is 46.0 Å². The van der Waals surface area contributed by atoms with Crippen molar-refractivity contribution in [3.63, 3.8) is 0 Å². The van der Waals surface area contributed by atoms with E-state index in [1.54, 1.807) is 11.8 Å². The highest BCUT2D eigenvalue weighted by atomic mass is 16.6. The normalized spacial score (nSPS) is 18.6. The van der Waals surface area contributed by atoms with Crippen LogP contribution in [-0.2, 0) is 14.3 Å². The minimum atomic E-state index is -0.471. The van der Waals surface area contributed by atoms with Crippen LogP contribution in [0.1, 0.15) is 47.5 Å². The van der Waals surface area contributed by atoms with Crippen molar-refractivity contribution in [2.45, 2.75) is 53.1 Å². The Kier molecular flexibility index (Phi) is 5.81. The third-order valence-corrected chi connectivity index (χ3v) is 3.47. The fraction of sp³-hybridized carbons (Fsp3) is 0.750. The molecular weight excluding hydrogens is 270 g/mol. The molecule has 1 amide bonds. The Morgan fingerprint density at radius 2 is 1.81 bits per heavy atom. The average molecular weight is 297 g/mol. The van der Waals surface area contributed by atoms with Gasteiger partial charge in [0.25, 0.3) is 0 Å². The fourth-order valence-corrected chi connectivity index (χ4v) is 2.15. The third kappa shape index (κ3) is 6.19. The van der Waals surface area contributed by atoms with Crippen LogP contribution in [0.5, 0.6) is 0 Å². The molecule has 0 unspecified atom stereocenters. The van der Waals surface area contributed by atoms with Crippen molar-refractivity contribution in [1.29, 1.82) is 0 Å². The van der Waals surface area contributed by atoms with Crippen LogP contribution in [0.2, 0.25) is 0 Å². The summed E-state index contributed by atoms with van der Waals surface area (Å²) in [5.74, 6) is -0.312. The molecule has 5 nitrogen and oxygen atoms in total. The van der Waals surface area contributed by atoms with Gasteiger partial charge in [0.2, 0.25) is 0 Å². The number of ether oxygens (including phenoxy) is 2. The first kappa shape index (κ1) is 17.5. The monoisotopic (exact) mass is 297 g/mol. The van der Waals surface area contributed by atoms with Gasteiger partial charge in [-0.2, -0.15) is 0 Å². The standard InChI is InChI=1S/C16H27NO4/c1-6-20-13(18)7-8-16(5)9-11-17(12-10-16)14(19)21-15(2,3)4/h7-8H,6,9-12H2,1-5H3/b8-7+. The van der Waals surface area contributed by atoms with Crippen LogP contribution >= 0.6 is 0 Å². The molecule has 120 valence electrons. The van der Waals surface area contributed by atoms with Crippen molar-refractivity contribution in [3.05, 3.63) is 12.2 Å². The lowest BCUT2D eigenvalue weighted by atomic mass is 9.80. The Labute approximate surface area is 127 Å². The molecule has 0 aliphatic carbocycles. The number of rotatable bonds is 3. The molecule has 0 aromatic carbocycles. The first-order valence-corrected chi connectivity index (χ1v) is 7.49. The second-order valence-corrected chi connectivity index (χ2v) is 6.71. The Morgan fingerprint density at radius 1 is 1.24 bits per heavy atom. The van der Waals surface area contributed by atoms with E-state index in [2.05, 4.69) is 6.92 Å². The van der Waals surface area contributed by atoms with Crippen LogP contribution in [0, 0.1) is 5.41 Å². The van der Waals surface area contributed by atoms with Crippen molar-refractivity contribution in [2.75, 3.05) is 19.7 Å². The molecule has 0 aromatic rings. The van der Waals surface area contributed by atoms with E-state index in [1.165, 1.54) is 6.08 Å². The second-order valence-electron chi connectivity index (χ2n) is 6.71. The highest BCUT2D eigenvalue weighted by Gasteiger charge is 2.32. The molecule has 0 N–H and O–H groups in total. The molecular formula is C16H27NO4. The molecule has 0 spiro atoms. The van der Waals surface area contributed by atoms with E-state index < -0.39 is 5.60 Å². The van der Waals surface area contributed by atoms with Gasteiger partial charge in [-0.25, -0.2) is 9.59 Å². The number of carbonyl (C=O) groups is 2.